The highest BCUT2D eigenvalue weighted by molar-refractivity contribution is 7.84. The zero-order valence-corrected chi connectivity index (χ0v) is 13.8. The Morgan fingerprint density at radius 1 is 1.27 bits per heavy atom. The molecule has 1 saturated carbocycles. The first-order valence-electron chi connectivity index (χ1n) is 7.95. The van der Waals surface area contributed by atoms with E-state index in [4.69, 9.17) is 4.52 Å². The van der Waals surface area contributed by atoms with E-state index in [1.165, 1.54) is 32.1 Å². The van der Waals surface area contributed by atoms with Crippen LogP contribution < -0.4 is 0 Å². The molecule has 0 radical (unpaired) electrons. The van der Waals surface area contributed by atoms with E-state index in [9.17, 15) is 4.21 Å². The highest BCUT2D eigenvalue weighted by Crippen LogP contribution is 2.25. The Morgan fingerprint density at radius 3 is 2.86 bits per heavy atom. The molecule has 0 aliphatic heterocycles. The molecule has 0 bridgehead atoms. The predicted molar refractivity (Wildman–Crippen MR) is 87.8 cm³/mol. The molecule has 0 spiro atoms. The molecular weight excluding hydrogens is 296 g/mol. The third kappa shape index (κ3) is 4.03. The number of hydrogen-bond acceptors (Lipinski definition) is 4. The van der Waals surface area contributed by atoms with Gasteiger partial charge in [0.2, 0.25) is 11.7 Å². The van der Waals surface area contributed by atoms with Crippen molar-refractivity contribution in [2.45, 2.75) is 44.8 Å². The first-order chi connectivity index (χ1) is 10.7. The topological polar surface area (TPSA) is 56.0 Å². The Hall–Kier alpha value is -1.49. The minimum atomic E-state index is -0.912. The molecule has 1 aromatic heterocycles. The Kier molecular flexibility index (Phi) is 5.03. The first-order valence-corrected chi connectivity index (χ1v) is 9.44. The van der Waals surface area contributed by atoms with Crippen LogP contribution in [0.15, 0.2) is 28.8 Å². The van der Waals surface area contributed by atoms with Crippen LogP contribution in [0.3, 0.4) is 0 Å². The van der Waals surface area contributed by atoms with Crippen molar-refractivity contribution in [3.8, 4) is 11.4 Å². The molecule has 0 amide bonds. The lowest BCUT2D eigenvalue weighted by atomic mass is 9.91. The number of nitrogens with zero attached hydrogens (tertiary/aromatic N) is 2. The molecule has 0 saturated heterocycles. The molecule has 1 aromatic carbocycles. The second-order valence-corrected chi connectivity index (χ2v) is 7.64. The summed E-state index contributed by atoms with van der Waals surface area (Å²) in [5.41, 5.74) is 2.10. The van der Waals surface area contributed by atoms with Crippen molar-refractivity contribution in [2.24, 2.45) is 5.92 Å². The molecule has 2 aromatic rings. The number of aromatic nitrogens is 2. The molecule has 5 heteroatoms. The van der Waals surface area contributed by atoms with Crippen LogP contribution in [-0.4, -0.2) is 20.1 Å². The van der Waals surface area contributed by atoms with Crippen molar-refractivity contribution < 1.29 is 8.73 Å². The van der Waals surface area contributed by atoms with E-state index in [1.807, 2.05) is 31.2 Å². The van der Waals surface area contributed by atoms with Crippen LogP contribution >= 0.6 is 0 Å². The normalized spacial score (nSPS) is 17.5. The largest absolute Gasteiger partial charge is 0.338 e. The fourth-order valence-corrected chi connectivity index (χ4v) is 4.40. The van der Waals surface area contributed by atoms with Gasteiger partial charge in [-0.2, -0.15) is 4.98 Å². The maximum atomic E-state index is 12.3. The lowest BCUT2D eigenvalue weighted by Gasteiger charge is -2.20. The Morgan fingerprint density at radius 2 is 2.09 bits per heavy atom. The highest BCUT2D eigenvalue weighted by Gasteiger charge is 2.18. The second-order valence-electron chi connectivity index (χ2n) is 6.14. The lowest BCUT2D eigenvalue weighted by molar-refractivity contribution is 0.383. The van der Waals surface area contributed by atoms with Gasteiger partial charge in [0.1, 0.15) is 5.75 Å². The zero-order valence-electron chi connectivity index (χ0n) is 13.0. The molecular formula is C17H22N2O2S. The van der Waals surface area contributed by atoms with Crippen molar-refractivity contribution in [3.05, 3.63) is 35.7 Å². The van der Waals surface area contributed by atoms with Gasteiger partial charge in [-0.3, -0.25) is 4.21 Å². The van der Waals surface area contributed by atoms with Gasteiger partial charge in [-0.25, -0.2) is 0 Å². The third-order valence-corrected chi connectivity index (χ3v) is 5.59. The Balaban J connectivity index is 1.60. The molecule has 3 rings (SSSR count). The fourth-order valence-electron chi connectivity index (χ4n) is 3.03. The van der Waals surface area contributed by atoms with E-state index >= 15 is 0 Å². The Bertz CT molecular complexity index is 648. The summed E-state index contributed by atoms with van der Waals surface area (Å²) in [6.07, 6.45) is 6.31. The number of benzene rings is 1. The minimum absolute atomic E-state index is 0.370. The van der Waals surface area contributed by atoms with Gasteiger partial charge in [-0.1, -0.05) is 48.2 Å². The Labute approximate surface area is 133 Å². The van der Waals surface area contributed by atoms with E-state index in [0.717, 1.165) is 16.9 Å². The standard InChI is InChI=1S/C17H22N2O2S/c1-13-6-5-9-15(10-13)17-18-16(21-19-17)12-22(20)11-14-7-3-2-4-8-14/h5-6,9-10,14H,2-4,7-8,11-12H2,1H3/t22-/m0/s1. The van der Waals surface area contributed by atoms with E-state index in [0.29, 0.717) is 23.4 Å². The molecule has 1 fully saturated rings. The average molecular weight is 318 g/mol. The quantitative estimate of drug-likeness (QED) is 0.839. The molecule has 0 unspecified atom stereocenters. The van der Waals surface area contributed by atoms with Crippen LogP contribution in [0.25, 0.3) is 11.4 Å². The summed E-state index contributed by atoms with van der Waals surface area (Å²) in [6, 6.07) is 7.99. The van der Waals surface area contributed by atoms with Crippen LogP contribution in [0.2, 0.25) is 0 Å². The fraction of sp³-hybridized carbons (Fsp3) is 0.529. The van der Waals surface area contributed by atoms with Crippen molar-refractivity contribution in [3.63, 3.8) is 0 Å². The van der Waals surface area contributed by atoms with Crippen LogP contribution in [-0.2, 0) is 16.6 Å². The monoisotopic (exact) mass is 318 g/mol. The molecule has 118 valence electrons. The summed E-state index contributed by atoms with van der Waals surface area (Å²) >= 11 is 0. The molecule has 4 nitrogen and oxygen atoms in total. The molecule has 1 atom stereocenters. The van der Waals surface area contributed by atoms with Crippen molar-refractivity contribution in [1.82, 2.24) is 10.1 Å². The summed E-state index contributed by atoms with van der Waals surface area (Å²) in [7, 11) is -0.912. The maximum Gasteiger partial charge on any atom is 0.239 e. The summed E-state index contributed by atoms with van der Waals surface area (Å²) < 4.78 is 17.5. The van der Waals surface area contributed by atoms with Gasteiger partial charge < -0.3 is 4.52 Å². The summed E-state index contributed by atoms with van der Waals surface area (Å²) in [6.45, 7) is 2.03. The molecule has 1 aliphatic rings. The second kappa shape index (κ2) is 7.18. The van der Waals surface area contributed by atoms with E-state index in [1.54, 1.807) is 0 Å². The highest BCUT2D eigenvalue weighted by atomic mass is 32.2. The summed E-state index contributed by atoms with van der Waals surface area (Å²) in [5, 5.41) is 4.01. The van der Waals surface area contributed by atoms with Crippen molar-refractivity contribution >= 4 is 10.8 Å². The van der Waals surface area contributed by atoms with E-state index in [2.05, 4.69) is 10.1 Å². The minimum Gasteiger partial charge on any atom is -0.338 e. The van der Waals surface area contributed by atoms with E-state index < -0.39 is 10.8 Å². The van der Waals surface area contributed by atoms with Gasteiger partial charge in [0.25, 0.3) is 0 Å². The van der Waals surface area contributed by atoms with Gasteiger partial charge in [-0.05, 0) is 31.7 Å². The van der Waals surface area contributed by atoms with E-state index in [-0.39, 0.29) is 0 Å². The maximum absolute atomic E-state index is 12.3. The molecule has 22 heavy (non-hydrogen) atoms. The number of rotatable bonds is 5. The summed E-state index contributed by atoms with van der Waals surface area (Å²) in [5.74, 6) is 2.80. The van der Waals surface area contributed by atoms with Crippen LogP contribution in [0.4, 0.5) is 0 Å². The average Bonchev–Trinajstić information content (AvgIpc) is 2.96. The third-order valence-electron chi connectivity index (χ3n) is 4.18. The van der Waals surface area contributed by atoms with Gasteiger partial charge in [-0.15, -0.1) is 0 Å². The lowest BCUT2D eigenvalue weighted by Crippen LogP contribution is -2.15. The van der Waals surface area contributed by atoms with Gasteiger partial charge in [0, 0.05) is 22.1 Å². The number of aryl methyl sites for hydroxylation is 1. The smallest absolute Gasteiger partial charge is 0.239 e. The van der Waals surface area contributed by atoms with Gasteiger partial charge in [0.15, 0.2) is 0 Å². The predicted octanol–water partition coefficient (Wildman–Crippen LogP) is 3.87. The number of hydrogen-bond donors (Lipinski definition) is 0. The summed E-state index contributed by atoms with van der Waals surface area (Å²) in [4.78, 5) is 4.38. The molecule has 0 N–H and O–H groups in total. The van der Waals surface area contributed by atoms with Gasteiger partial charge >= 0.3 is 0 Å². The molecule has 1 aliphatic carbocycles. The van der Waals surface area contributed by atoms with Crippen LogP contribution in [0, 0.1) is 12.8 Å². The SMILES string of the molecule is Cc1cccc(-c2noc(C[S@@](=O)CC3CCCCC3)n2)c1. The van der Waals surface area contributed by atoms with Crippen molar-refractivity contribution in [2.75, 3.05) is 5.75 Å². The van der Waals surface area contributed by atoms with Crippen LogP contribution in [0.1, 0.15) is 43.6 Å². The molecule has 1 heterocycles. The van der Waals surface area contributed by atoms with Crippen LogP contribution in [0.5, 0.6) is 0 Å². The van der Waals surface area contributed by atoms with Crippen molar-refractivity contribution in [1.29, 1.82) is 0 Å². The first kappa shape index (κ1) is 15.4. The van der Waals surface area contributed by atoms with Gasteiger partial charge in [0.05, 0.1) is 0 Å². The zero-order chi connectivity index (χ0) is 15.4.